The van der Waals surface area contributed by atoms with Crippen molar-refractivity contribution >= 4 is 29.1 Å². The molecule has 1 fully saturated rings. The van der Waals surface area contributed by atoms with E-state index in [0.29, 0.717) is 56.9 Å². The predicted octanol–water partition coefficient (Wildman–Crippen LogP) is 3.75. The number of aliphatic imine (C=N–C) groups is 1. The summed E-state index contributed by atoms with van der Waals surface area (Å²) in [5.74, 6) is 0.644. The minimum absolute atomic E-state index is 0.0946. The predicted molar refractivity (Wildman–Crippen MR) is 119 cm³/mol. The second-order valence-corrected chi connectivity index (χ2v) is 7.53. The summed E-state index contributed by atoms with van der Waals surface area (Å²) < 4.78 is 11.1. The zero-order valence-electron chi connectivity index (χ0n) is 17.5. The van der Waals surface area contributed by atoms with Crippen molar-refractivity contribution in [1.29, 1.82) is 0 Å². The van der Waals surface area contributed by atoms with Crippen LogP contribution in [-0.4, -0.2) is 68.1 Å². The maximum atomic E-state index is 12.6. The highest BCUT2D eigenvalue weighted by atomic mass is 35.5. The molecule has 0 saturated carbocycles. The van der Waals surface area contributed by atoms with Gasteiger partial charge in [0.1, 0.15) is 0 Å². The average molecular weight is 430 g/mol. The maximum Gasteiger partial charge on any atom is 0.236 e. The Balaban J connectivity index is 1.79. The Labute approximate surface area is 183 Å². The lowest BCUT2D eigenvalue weighted by Crippen LogP contribution is -2.44. The molecular weight excluding hydrogens is 402 g/mol. The molecule has 0 atom stereocenters. The number of halogens is 1. The van der Waals surface area contributed by atoms with E-state index in [0.717, 1.165) is 16.8 Å². The molecule has 0 spiro atoms. The fraction of sp³-hybridized carbons (Fsp3) is 0.391. The number of benzene rings is 2. The molecule has 7 heteroatoms. The molecule has 0 bridgehead atoms. The molecule has 0 unspecified atom stereocenters. The first-order valence-electron chi connectivity index (χ1n) is 10.2. The Morgan fingerprint density at radius 3 is 2.60 bits per heavy atom. The zero-order valence-corrected chi connectivity index (χ0v) is 18.3. The molecule has 2 aromatic rings. The van der Waals surface area contributed by atoms with E-state index < -0.39 is 0 Å². The molecule has 1 aliphatic heterocycles. The standard InChI is InChI=1S/C23H28ClN3O3/c1-3-30-23(18-8-5-4-6-9-18)25-21-11-7-10-20(24)19(21)16-26(2)17-22(28)27-12-14-29-15-13-27/h4-11H,3,12-17H2,1-2H3. The molecule has 1 aliphatic rings. The van der Waals surface area contributed by atoms with Gasteiger partial charge in [0, 0.05) is 35.8 Å². The van der Waals surface area contributed by atoms with Crippen molar-refractivity contribution in [3.8, 4) is 0 Å². The van der Waals surface area contributed by atoms with E-state index >= 15 is 0 Å². The van der Waals surface area contributed by atoms with Crippen LogP contribution in [0.5, 0.6) is 0 Å². The fourth-order valence-corrected chi connectivity index (χ4v) is 3.51. The Hall–Kier alpha value is -2.41. The number of morpholine rings is 1. The second kappa shape index (κ2) is 11.1. The van der Waals surface area contributed by atoms with Gasteiger partial charge in [-0.15, -0.1) is 0 Å². The largest absolute Gasteiger partial charge is 0.478 e. The number of likely N-dealkylation sites (N-methyl/N-ethyl adjacent to an activating group) is 1. The van der Waals surface area contributed by atoms with E-state index in [1.807, 2.05) is 72.3 Å². The lowest BCUT2D eigenvalue weighted by molar-refractivity contribution is -0.136. The van der Waals surface area contributed by atoms with Gasteiger partial charge in [-0.3, -0.25) is 9.69 Å². The van der Waals surface area contributed by atoms with Gasteiger partial charge in [0.2, 0.25) is 11.8 Å². The molecule has 6 nitrogen and oxygen atoms in total. The molecule has 160 valence electrons. The molecule has 0 aromatic heterocycles. The maximum absolute atomic E-state index is 12.6. The second-order valence-electron chi connectivity index (χ2n) is 7.12. The van der Waals surface area contributed by atoms with Crippen molar-refractivity contribution < 1.29 is 14.3 Å². The van der Waals surface area contributed by atoms with Crippen LogP contribution in [0.4, 0.5) is 5.69 Å². The quantitative estimate of drug-likeness (QED) is 0.497. The van der Waals surface area contributed by atoms with Gasteiger partial charge < -0.3 is 14.4 Å². The van der Waals surface area contributed by atoms with Crippen molar-refractivity contribution in [2.24, 2.45) is 4.99 Å². The topological polar surface area (TPSA) is 54.4 Å². The highest BCUT2D eigenvalue weighted by Crippen LogP contribution is 2.29. The Kier molecular flexibility index (Phi) is 8.25. The van der Waals surface area contributed by atoms with Crippen LogP contribution in [0, 0.1) is 0 Å². The van der Waals surface area contributed by atoms with Crippen molar-refractivity contribution in [1.82, 2.24) is 9.80 Å². The van der Waals surface area contributed by atoms with Gasteiger partial charge in [0.25, 0.3) is 0 Å². The van der Waals surface area contributed by atoms with Gasteiger partial charge in [-0.2, -0.15) is 0 Å². The van der Waals surface area contributed by atoms with Crippen LogP contribution < -0.4 is 0 Å². The number of hydrogen-bond acceptors (Lipinski definition) is 5. The van der Waals surface area contributed by atoms with Crippen LogP contribution in [0.1, 0.15) is 18.1 Å². The van der Waals surface area contributed by atoms with Gasteiger partial charge in [-0.05, 0) is 38.2 Å². The highest BCUT2D eigenvalue weighted by molar-refractivity contribution is 6.31. The summed E-state index contributed by atoms with van der Waals surface area (Å²) in [5.41, 5.74) is 2.51. The Morgan fingerprint density at radius 2 is 1.90 bits per heavy atom. The molecule has 0 radical (unpaired) electrons. The first kappa shape index (κ1) is 22.3. The Morgan fingerprint density at radius 1 is 1.17 bits per heavy atom. The van der Waals surface area contributed by atoms with Crippen molar-refractivity contribution in [3.63, 3.8) is 0 Å². The number of ether oxygens (including phenoxy) is 2. The van der Waals surface area contributed by atoms with Crippen molar-refractivity contribution in [3.05, 3.63) is 64.7 Å². The highest BCUT2D eigenvalue weighted by Gasteiger charge is 2.19. The molecule has 0 N–H and O–H groups in total. The first-order valence-corrected chi connectivity index (χ1v) is 10.5. The molecule has 1 saturated heterocycles. The number of carbonyl (C=O) groups is 1. The van der Waals surface area contributed by atoms with E-state index in [4.69, 9.17) is 26.1 Å². The normalized spacial score (nSPS) is 14.8. The first-order chi connectivity index (χ1) is 14.6. The third-order valence-electron chi connectivity index (χ3n) is 4.81. The molecule has 30 heavy (non-hydrogen) atoms. The lowest BCUT2D eigenvalue weighted by atomic mass is 10.1. The molecular formula is C23H28ClN3O3. The molecule has 1 heterocycles. The van der Waals surface area contributed by atoms with Gasteiger partial charge in [-0.25, -0.2) is 4.99 Å². The van der Waals surface area contributed by atoms with Crippen LogP contribution in [0.15, 0.2) is 53.5 Å². The molecule has 2 aromatic carbocycles. The fourth-order valence-electron chi connectivity index (χ4n) is 3.29. The summed E-state index contributed by atoms with van der Waals surface area (Å²) >= 11 is 6.52. The SMILES string of the molecule is CCOC(=Nc1cccc(Cl)c1CN(C)CC(=O)N1CCOCC1)c1ccccc1. The zero-order chi connectivity index (χ0) is 21.3. The molecule has 0 aliphatic carbocycles. The summed E-state index contributed by atoms with van der Waals surface area (Å²) in [7, 11) is 1.91. The van der Waals surface area contributed by atoms with Gasteiger partial charge in [-0.1, -0.05) is 35.9 Å². The molecule has 3 rings (SSSR count). The van der Waals surface area contributed by atoms with E-state index in [2.05, 4.69) is 0 Å². The van der Waals surface area contributed by atoms with Crippen LogP contribution in [0.25, 0.3) is 0 Å². The van der Waals surface area contributed by atoms with Crippen molar-refractivity contribution in [2.75, 3.05) is 46.5 Å². The Bertz CT molecular complexity index is 867. The van der Waals surface area contributed by atoms with Gasteiger partial charge in [0.15, 0.2) is 0 Å². The van der Waals surface area contributed by atoms with Gasteiger partial charge in [0.05, 0.1) is 32.1 Å². The van der Waals surface area contributed by atoms with E-state index in [9.17, 15) is 4.79 Å². The number of amides is 1. The minimum atomic E-state index is 0.0946. The monoisotopic (exact) mass is 429 g/mol. The summed E-state index contributed by atoms with van der Waals surface area (Å²) in [4.78, 5) is 21.1. The van der Waals surface area contributed by atoms with E-state index in [-0.39, 0.29) is 5.91 Å². The summed E-state index contributed by atoms with van der Waals surface area (Å²) in [5, 5.41) is 0.617. The minimum Gasteiger partial charge on any atom is -0.478 e. The van der Waals surface area contributed by atoms with Crippen LogP contribution in [0.3, 0.4) is 0 Å². The summed E-state index contributed by atoms with van der Waals surface area (Å²) in [6, 6.07) is 15.4. The van der Waals surface area contributed by atoms with Gasteiger partial charge >= 0.3 is 0 Å². The summed E-state index contributed by atoms with van der Waals surface area (Å²) in [6.45, 7) is 5.73. The number of carbonyl (C=O) groups excluding carboxylic acids is 1. The van der Waals surface area contributed by atoms with E-state index in [1.165, 1.54) is 0 Å². The third kappa shape index (κ3) is 6.05. The number of rotatable bonds is 7. The smallest absolute Gasteiger partial charge is 0.236 e. The van der Waals surface area contributed by atoms with E-state index in [1.54, 1.807) is 0 Å². The summed E-state index contributed by atoms with van der Waals surface area (Å²) in [6.07, 6.45) is 0. The third-order valence-corrected chi connectivity index (χ3v) is 5.17. The van der Waals surface area contributed by atoms with Crippen LogP contribution >= 0.6 is 11.6 Å². The lowest BCUT2D eigenvalue weighted by Gasteiger charge is -2.29. The van der Waals surface area contributed by atoms with Crippen molar-refractivity contribution in [2.45, 2.75) is 13.5 Å². The number of hydrogen-bond donors (Lipinski definition) is 0. The molecule has 1 amide bonds. The van der Waals surface area contributed by atoms with Crippen LogP contribution in [0.2, 0.25) is 5.02 Å². The number of nitrogens with zero attached hydrogens (tertiary/aromatic N) is 3. The average Bonchev–Trinajstić information content (AvgIpc) is 2.77. The van der Waals surface area contributed by atoms with Crippen LogP contribution in [-0.2, 0) is 20.8 Å².